The van der Waals surface area contributed by atoms with Gasteiger partial charge in [0.2, 0.25) is 0 Å². The second kappa shape index (κ2) is 8.49. The van der Waals surface area contributed by atoms with E-state index < -0.39 is 11.9 Å². The number of esters is 1. The minimum absolute atomic E-state index is 0. The second-order valence-electron chi connectivity index (χ2n) is 6.41. The lowest BCUT2D eigenvalue weighted by Crippen LogP contribution is -2.23. The normalized spacial score (nSPS) is 17.7. The first kappa shape index (κ1) is 20.4. The SMILES string of the molecule is C=COC(=O)C1=NN(c2ccccn2)C(=O)C1=C/C=C1/Sc2cc(OC)ccc2N1C.[HH]. The predicted molar refractivity (Wildman–Crippen MR) is 121 cm³/mol. The van der Waals surface area contributed by atoms with Crippen molar-refractivity contribution in [3.05, 3.63) is 78.2 Å². The molecule has 2 aliphatic heterocycles. The van der Waals surface area contributed by atoms with E-state index in [-0.39, 0.29) is 12.7 Å². The van der Waals surface area contributed by atoms with Crippen LogP contribution in [-0.4, -0.2) is 36.7 Å². The topological polar surface area (TPSA) is 84.3 Å². The van der Waals surface area contributed by atoms with Crippen LogP contribution in [0, 0.1) is 0 Å². The summed E-state index contributed by atoms with van der Waals surface area (Å²) < 4.78 is 10.1. The molecule has 2 aromatic rings. The van der Waals surface area contributed by atoms with E-state index in [1.807, 2.05) is 30.1 Å². The Morgan fingerprint density at radius 3 is 2.81 bits per heavy atom. The summed E-state index contributed by atoms with van der Waals surface area (Å²) >= 11 is 1.53. The monoisotopic (exact) mass is 436 g/mol. The van der Waals surface area contributed by atoms with Crippen LogP contribution in [0.4, 0.5) is 11.5 Å². The molecule has 9 heteroatoms. The van der Waals surface area contributed by atoms with Crippen molar-refractivity contribution in [2.24, 2.45) is 5.10 Å². The molecular formula is C22H20N4O4S. The average Bonchev–Trinajstić information content (AvgIpc) is 3.29. The van der Waals surface area contributed by atoms with Gasteiger partial charge in [-0.25, -0.2) is 9.78 Å². The molecule has 0 radical (unpaired) electrons. The third kappa shape index (κ3) is 3.82. The zero-order valence-corrected chi connectivity index (χ0v) is 17.6. The van der Waals surface area contributed by atoms with Gasteiger partial charge in [-0.1, -0.05) is 24.4 Å². The van der Waals surface area contributed by atoms with Gasteiger partial charge in [0, 0.05) is 19.6 Å². The first-order valence-corrected chi connectivity index (χ1v) is 10.0. The van der Waals surface area contributed by atoms with Crippen LogP contribution in [-0.2, 0) is 14.3 Å². The number of methoxy groups -OCH3 is 1. The summed E-state index contributed by atoms with van der Waals surface area (Å²) in [6, 6.07) is 10.9. The largest absolute Gasteiger partial charge is 0.497 e. The van der Waals surface area contributed by atoms with Crippen molar-refractivity contribution in [1.82, 2.24) is 4.98 Å². The van der Waals surface area contributed by atoms with Crippen molar-refractivity contribution in [2.75, 3.05) is 24.1 Å². The second-order valence-corrected chi connectivity index (χ2v) is 7.47. The third-order valence-corrected chi connectivity index (χ3v) is 5.76. The van der Waals surface area contributed by atoms with Gasteiger partial charge < -0.3 is 14.4 Å². The lowest BCUT2D eigenvalue weighted by Gasteiger charge is -2.13. The van der Waals surface area contributed by atoms with Crippen LogP contribution >= 0.6 is 11.8 Å². The van der Waals surface area contributed by atoms with Gasteiger partial charge in [0.1, 0.15) is 5.75 Å². The number of hydrogen-bond acceptors (Lipinski definition) is 8. The highest BCUT2D eigenvalue weighted by Crippen LogP contribution is 2.46. The van der Waals surface area contributed by atoms with Gasteiger partial charge in [-0.15, -0.1) is 0 Å². The lowest BCUT2D eigenvalue weighted by atomic mass is 10.1. The molecule has 0 unspecified atom stereocenters. The molecule has 0 bridgehead atoms. The van der Waals surface area contributed by atoms with Gasteiger partial charge in [-0.3, -0.25) is 4.79 Å². The van der Waals surface area contributed by atoms with Crippen LogP contribution in [0.3, 0.4) is 0 Å². The number of hydrazone groups is 1. The Balaban J connectivity index is 0.00000289. The molecule has 158 valence electrons. The number of pyridine rings is 1. The Hall–Kier alpha value is -3.85. The number of ether oxygens (including phenoxy) is 2. The lowest BCUT2D eigenvalue weighted by molar-refractivity contribution is -0.130. The Morgan fingerprint density at radius 1 is 1.26 bits per heavy atom. The molecule has 4 rings (SSSR count). The summed E-state index contributed by atoms with van der Waals surface area (Å²) in [5.41, 5.74) is 1.01. The van der Waals surface area contributed by atoms with Gasteiger partial charge >= 0.3 is 5.97 Å². The smallest absolute Gasteiger partial charge is 0.364 e. The number of thioether (sulfide) groups is 1. The fraction of sp³-hybridized carbons (Fsp3) is 0.0909. The number of anilines is 2. The van der Waals surface area contributed by atoms with Crippen LogP contribution in [0.15, 0.2) is 88.2 Å². The Kier molecular flexibility index (Phi) is 5.59. The average molecular weight is 436 g/mol. The number of benzene rings is 1. The summed E-state index contributed by atoms with van der Waals surface area (Å²) in [6.07, 6.45) is 5.87. The molecule has 1 aromatic heterocycles. The van der Waals surface area contributed by atoms with Crippen LogP contribution in [0.25, 0.3) is 0 Å². The van der Waals surface area contributed by atoms with Crippen LogP contribution < -0.4 is 14.6 Å². The van der Waals surface area contributed by atoms with Gasteiger partial charge in [-0.2, -0.15) is 10.1 Å². The van der Waals surface area contributed by atoms with Crippen LogP contribution in [0.2, 0.25) is 0 Å². The molecule has 2 aliphatic rings. The molecule has 1 aromatic carbocycles. The molecule has 0 aliphatic carbocycles. The summed E-state index contributed by atoms with van der Waals surface area (Å²) in [4.78, 5) is 32.5. The Labute approximate surface area is 184 Å². The number of carbonyl (C=O) groups excluding carboxylic acids is 2. The van der Waals surface area contributed by atoms with E-state index in [0.29, 0.717) is 5.82 Å². The fourth-order valence-electron chi connectivity index (χ4n) is 3.06. The van der Waals surface area contributed by atoms with Crippen molar-refractivity contribution in [3.8, 4) is 5.75 Å². The molecule has 0 atom stereocenters. The quantitative estimate of drug-likeness (QED) is 0.401. The van der Waals surface area contributed by atoms with Gasteiger partial charge in [-0.05, 0) is 42.5 Å². The highest BCUT2D eigenvalue weighted by Gasteiger charge is 2.36. The summed E-state index contributed by atoms with van der Waals surface area (Å²) in [5.74, 6) is -0.180. The summed E-state index contributed by atoms with van der Waals surface area (Å²) in [5, 5.41) is 6.10. The van der Waals surface area contributed by atoms with E-state index in [0.717, 1.165) is 32.6 Å². The van der Waals surface area contributed by atoms with E-state index >= 15 is 0 Å². The third-order valence-electron chi connectivity index (χ3n) is 4.59. The fourth-order valence-corrected chi connectivity index (χ4v) is 4.14. The maximum atomic E-state index is 13.0. The molecule has 8 nitrogen and oxygen atoms in total. The number of nitrogens with zero attached hydrogens (tertiary/aromatic N) is 4. The van der Waals surface area contributed by atoms with Crippen molar-refractivity contribution >= 4 is 40.9 Å². The standard InChI is InChI=1S/C22H18N4O4S.H2/c1-4-30-22(28)20-15(21(27)26(24-20)18-7-5-6-12-23-18)9-11-19-25(2)16-10-8-14(29-3)13-17(16)31-19;/h4-13H,1H2,2-3H3;1H/b15-9?,19-11+;. The van der Waals surface area contributed by atoms with Crippen molar-refractivity contribution < 1.29 is 20.5 Å². The Bertz CT molecular complexity index is 1160. The van der Waals surface area contributed by atoms with E-state index in [4.69, 9.17) is 9.47 Å². The molecule has 0 fully saturated rings. The van der Waals surface area contributed by atoms with Crippen LogP contribution in [0.5, 0.6) is 5.75 Å². The number of hydrogen-bond donors (Lipinski definition) is 0. The Morgan fingerprint density at radius 2 is 2.10 bits per heavy atom. The van der Waals surface area contributed by atoms with Gasteiger partial charge in [0.15, 0.2) is 11.5 Å². The predicted octanol–water partition coefficient (Wildman–Crippen LogP) is 3.74. The minimum atomic E-state index is -0.771. The van der Waals surface area contributed by atoms with Crippen molar-refractivity contribution in [3.63, 3.8) is 0 Å². The molecular weight excluding hydrogens is 416 g/mol. The van der Waals surface area contributed by atoms with Gasteiger partial charge in [0.25, 0.3) is 5.91 Å². The first-order valence-electron chi connectivity index (χ1n) is 9.21. The molecule has 0 saturated heterocycles. The van der Waals surface area contributed by atoms with E-state index in [9.17, 15) is 9.59 Å². The van der Waals surface area contributed by atoms with Crippen LogP contribution in [0.1, 0.15) is 1.43 Å². The highest BCUT2D eigenvalue weighted by atomic mass is 32.2. The van der Waals surface area contributed by atoms with Gasteiger partial charge in [0.05, 0.1) is 29.7 Å². The number of aromatic nitrogens is 1. The number of allylic oxidation sites excluding steroid dienone is 2. The number of carbonyl (C=O) groups is 2. The van der Waals surface area contributed by atoms with Crippen molar-refractivity contribution in [1.29, 1.82) is 0 Å². The number of fused-ring (bicyclic) bond motifs is 1. The number of rotatable bonds is 5. The molecule has 3 heterocycles. The zero-order valence-electron chi connectivity index (χ0n) is 16.8. The molecule has 0 N–H and O–H groups in total. The maximum absolute atomic E-state index is 13.0. The maximum Gasteiger partial charge on any atom is 0.364 e. The van der Waals surface area contributed by atoms with E-state index in [1.165, 1.54) is 11.8 Å². The first-order chi connectivity index (χ1) is 15.0. The zero-order chi connectivity index (χ0) is 22.0. The molecule has 0 spiro atoms. The molecule has 0 saturated carbocycles. The molecule has 31 heavy (non-hydrogen) atoms. The summed E-state index contributed by atoms with van der Waals surface area (Å²) in [7, 11) is 3.54. The van der Waals surface area contributed by atoms with Crippen molar-refractivity contribution in [2.45, 2.75) is 4.90 Å². The minimum Gasteiger partial charge on any atom is -0.497 e. The highest BCUT2D eigenvalue weighted by molar-refractivity contribution is 8.03. The summed E-state index contributed by atoms with van der Waals surface area (Å²) in [6.45, 7) is 3.39. The molecule has 1 amide bonds. The number of amides is 1. The van der Waals surface area contributed by atoms with E-state index in [1.54, 1.807) is 43.7 Å². The van der Waals surface area contributed by atoms with E-state index in [2.05, 4.69) is 16.7 Å².